The fourth-order valence-corrected chi connectivity index (χ4v) is 1.58. The fraction of sp³-hybridized carbons (Fsp3) is 0.692. The zero-order chi connectivity index (χ0) is 13.4. The van der Waals surface area contributed by atoms with Gasteiger partial charge in [-0.05, 0) is 26.2 Å². The van der Waals surface area contributed by atoms with Crippen LogP contribution in [0.15, 0.2) is 11.1 Å². The van der Waals surface area contributed by atoms with Crippen LogP contribution in [0.1, 0.15) is 41.0 Å². The van der Waals surface area contributed by atoms with Crippen molar-refractivity contribution in [1.82, 2.24) is 0 Å². The lowest BCUT2D eigenvalue weighted by molar-refractivity contribution is -0.142. The molecule has 0 saturated carbocycles. The lowest BCUT2D eigenvalue weighted by Gasteiger charge is -2.15. The number of carbonyl (C=O) groups is 2. The number of carbonyl (C=O) groups excluding carboxylic acids is 2. The maximum atomic E-state index is 11.8. The number of ether oxygens (including phenoxy) is 2. The normalized spacial score (nSPS) is 12.1. The highest BCUT2D eigenvalue weighted by molar-refractivity contribution is 6.00. The Morgan fingerprint density at radius 1 is 0.941 bits per heavy atom. The minimum Gasteiger partial charge on any atom is -0.463 e. The van der Waals surface area contributed by atoms with Crippen LogP contribution in [-0.2, 0) is 19.1 Å². The molecule has 4 nitrogen and oxygen atoms in total. The van der Waals surface area contributed by atoms with Crippen LogP contribution in [0.25, 0.3) is 0 Å². The Hall–Kier alpha value is -1.32. The Morgan fingerprint density at radius 3 is 1.76 bits per heavy atom. The van der Waals surface area contributed by atoms with Gasteiger partial charge in [-0.3, -0.25) is 0 Å². The number of esters is 2. The zero-order valence-electron chi connectivity index (χ0n) is 11.3. The van der Waals surface area contributed by atoms with E-state index in [1.54, 1.807) is 13.8 Å². The van der Waals surface area contributed by atoms with Crippen molar-refractivity contribution in [3.63, 3.8) is 0 Å². The van der Waals surface area contributed by atoms with Gasteiger partial charge in [0.05, 0.1) is 18.8 Å². The predicted molar refractivity (Wildman–Crippen MR) is 65.4 cm³/mol. The molecule has 0 radical (unpaired) electrons. The first-order chi connectivity index (χ1) is 7.99. The van der Waals surface area contributed by atoms with E-state index in [2.05, 4.69) is 0 Å². The number of rotatable bonds is 6. The third-order valence-electron chi connectivity index (χ3n) is 2.27. The molecule has 0 N–H and O–H groups in total. The van der Waals surface area contributed by atoms with E-state index in [4.69, 9.17) is 9.47 Å². The van der Waals surface area contributed by atoms with Gasteiger partial charge in [0.1, 0.15) is 0 Å². The average Bonchev–Trinajstić information content (AvgIpc) is 2.25. The maximum absolute atomic E-state index is 11.8. The zero-order valence-corrected chi connectivity index (χ0v) is 11.3. The summed E-state index contributed by atoms with van der Waals surface area (Å²) >= 11 is 0. The van der Waals surface area contributed by atoms with Gasteiger partial charge in [-0.15, -0.1) is 0 Å². The van der Waals surface area contributed by atoms with E-state index in [1.807, 2.05) is 20.8 Å². The SMILES string of the molecule is CCOC(=O)/C(CC)=C(\C(=O)OCC)C(C)C. The summed E-state index contributed by atoms with van der Waals surface area (Å²) in [5.41, 5.74) is 0.841. The summed E-state index contributed by atoms with van der Waals surface area (Å²) in [5.74, 6) is -0.910. The molecule has 0 amide bonds. The van der Waals surface area contributed by atoms with E-state index in [0.29, 0.717) is 30.8 Å². The molecule has 0 spiro atoms. The van der Waals surface area contributed by atoms with Gasteiger partial charge in [0.25, 0.3) is 0 Å². The quantitative estimate of drug-likeness (QED) is 0.530. The third-order valence-corrected chi connectivity index (χ3v) is 2.27. The first-order valence-electron chi connectivity index (χ1n) is 6.06. The lowest BCUT2D eigenvalue weighted by atomic mass is 9.95. The molecule has 0 aliphatic carbocycles. The van der Waals surface area contributed by atoms with Crippen LogP contribution in [0, 0.1) is 5.92 Å². The van der Waals surface area contributed by atoms with Crippen molar-refractivity contribution < 1.29 is 19.1 Å². The molecule has 0 rings (SSSR count). The molecule has 0 atom stereocenters. The van der Waals surface area contributed by atoms with Gasteiger partial charge in [-0.1, -0.05) is 20.8 Å². The van der Waals surface area contributed by atoms with Crippen LogP contribution in [-0.4, -0.2) is 25.2 Å². The topological polar surface area (TPSA) is 52.6 Å². The Morgan fingerprint density at radius 2 is 1.41 bits per heavy atom. The van der Waals surface area contributed by atoms with Crippen LogP contribution in [0.4, 0.5) is 0 Å². The maximum Gasteiger partial charge on any atom is 0.334 e. The van der Waals surface area contributed by atoms with Gasteiger partial charge in [-0.2, -0.15) is 0 Å². The second-order valence-corrected chi connectivity index (χ2v) is 3.84. The summed E-state index contributed by atoms with van der Waals surface area (Å²) in [5, 5.41) is 0. The van der Waals surface area contributed by atoms with Gasteiger partial charge in [0, 0.05) is 5.57 Å². The Bertz CT molecular complexity index is 303. The summed E-state index contributed by atoms with van der Waals surface area (Å²) in [4.78, 5) is 23.5. The second kappa shape index (κ2) is 7.87. The second-order valence-electron chi connectivity index (χ2n) is 3.84. The summed E-state index contributed by atoms with van der Waals surface area (Å²) < 4.78 is 9.92. The molecule has 0 aromatic carbocycles. The number of hydrogen-bond acceptors (Lipinski definition) is 4. The molecule has 0 aliphatic heterocycles. The van der Waals surface area contributed by atoms with Crippen LogP contribution in [0.3, 0.4) is 0 Å². The van der Waals surface area contributed by atoms with E-state index in [9.17, 15) is 9.59 Å². The summed E-state index contributed by atoms with van der Waals surface area (Å²) in [6, 6.07) is 0. The molecule has 0 aromatic heterocycles. The van der Waals surface area contributed by atoms with Crippen LogP contribution >= 0.6 is 0 Å². The van der Waals surface area contributed by atoms with E-state index in [1.165, 1.54) is 0 Å². The van der Waals surface area contributed by atoms with E-state index in [-0.39, 0.29) is 5.92 Å². The first-order valence-corrected chi connectivity index (χ1v) is 6.06. The molecule has 0 unspecified atom stereocenters. The highest BCUT2D eigenvalue weighted by atomic mass is 16.5. The van der Waals surface area contributed by atoms with Crippen molar-refractivity contribution in [3.05, 3.63) is 11.1 Å². The van der Waals surface area contributed by atoms with E-state index >= 15 is 0 Å². The monoisotopic (exact) mass is 242 g/mol. The van der Waals surface area contributed by atoms with E-state index < -0.39 is 11.9 Å². The molecule has 17 heavy (non-hydrogen) atoms. The molecule has 0 saturated heterocycles. The minimum absolute atomic E-state index is 0.0617. The molecular weight excluding hydrogens is 220 g/mol. The molecule has 0 aliphatic rings. The molecule has 0 fully saturated rings. The smallest absolute Gasteiger partial charge is 0.334 e. The van der Waals surface area contributed by atoms with Gasteiger partial charge < -0.3 is 9.47 Å². The van der Waals surface area contributed by atoms with Crippen molar-refractivity contribution in [2.75, 3.05) is 13.2 Å². The fourth-order valence-electron chi connectivity index (χ4n) is 1.58. The van der Waals surface area contributed by atoms with Crippen molar-refractivity contribution in [2.45, 2.75) is 41.0 Å². The summed E-state index contributed by atoms with van der Waals surface area (Å²) in [6.45, 7) is 9.64. The van der Waals surface area contributed by atoms with E-state index in [0.717, 1.165) is 0 Å². The Kier molecular flexibility index (Phi) is 7.26. The predicted octanol–water partition coefficient (Wildman–Crippen LogP) is 2.48. The summed E-state index contributed by atoms with van der Waals surface area (Å²) in [6.07, 6.45) is 0.463. The standard InChI is InChI=1S/C13H22O4/c1-6-10(12(14)16-7-2)11(9(4)5)13(15)17-8-3/h9H,6-8H2,1-5H3/b11-10-. The molecule has 0 aromatic rings. The minimum atomic E-state index is -0.424. The molecule has 0 bridgehead atoms. The van der Waals surface area contributed by atoms with Gasteiger partial charge in [0.2, 0.25) is 0 Å². The summed E-state index contributed by atoms with van der Waals surface area (Å²) in [7, 11) is 0. The van der Waals surface area contributed by atoms with Crippen LogP contribution in [0.5, 0.6) is 0 Å². The average molecular weight is 242 g/mol. The van der Waals surface area contributed by atoms with Crippen molar-refractivity contribution in [2.24, 2.45) is 5.92 Å². The first kappa shape index (κ1) is 15.7. The number of hydrogen-bond donors (Lipinski definition) is 0. The molecule has 0 heterocycles. The largest absolute Gasteiger partial charge is 0.463 e. The molecule has 98 valence electrons. The van der Waals surface area contributed by atoms with Gasteiger partial charge >= 0.3 is 11.9 Å². The van der Waals surface area contributed by atoms with Gasteiger partial charge in [0.15, 0.2) is 0 Å². The highest BCUT2D eigenvalue weighted by Crippen LogP contribution is 2.20. The lowest BCUT2D eigenvalue weighted by Crippen LogP contribution is -2.19. The van der Waals surface area contributed by atoms with Crippen molar-refractivity contribution in [3.8, 4) is 0 Å². The molecule has 4 heteroatoms. The molecular formula is C13H22O4. The van der Waals surface area contributed by atoms with Crippen molar-refractivity contribution in [1.29, 1.82) is 0 Å². The van der Waals surface area contributed by atoms with Crippen LogP contribution < -0.4 is 0 Å². The Balaban J connectivity index is 5.31. The van der Waals surface area contributed by atoms with Crippen molar-refractivity contribution >= 4 is 11.9 Å². The Labute approximate surface area is 103 Å². The third kappa shape index (κ3) is 4.59. The highest BCUT2D eigenvalue weighted by Gasteiger charge is 2.24. The van der Waals surface area contributed by atoms with Gasteiger partial charge in [-0.25, -0.2) is 9.59 Å². The van der Waals surface area contributed by atoms with Crippen LogP contribution in [0.2, 0.25) is 0 Å².